The molecule has 0 aromatic rings. The molecule has 1 unspecified atom stereocenters. The minimum Gasteiger partial charge on any atom is -0.462 e. The van der Waals surface area contributed by atoms with Gasteiger partial charge in [0.25, 0.3) is 0 Å². The first kappa shape index (κ1) is 64.8. The zero-order valence-corrected chi connectivity index (χ0v) is 44.5. The van der Waals surface area contributed by atoms with Crippen LogP contribution in [0.25, 0.3) is 0 Å². The maximum absolute atomic E-state index is 12.8. The van der Waals surface area contributed by atoms with Gasteiger partial charge in [-0.1, -0.05) is 213 Å². The van der Waals surface area contributed by atoms with Crippen LogP contribution in [0.2, 0.25) is 0 Å². The highest BCUT2D eigenvalue weighted by Crippen LogP contribution is 2.13. The predicted molar refractivity (Wildman–Crippen MR) is 297 cm³/mol. The summed E-state index contributed by atoms with van der Waals surface area (Å²) in [6.07, 6.45) is 77.6. The summed E-state index contributed by atoms with van der Waals surface area (Å²) in [5.41, 5.74) is 0. The largest absolute Gasteiger partial charge is 0.462 e. The summed E-state index contributed by atoms with van der Waals surface area (Å²) in [4.78, 5) is 38.1. The molecular formula is C63H102O6. The van der Waals surface area contributed by atoms with Gasteiger partial charge >= 0.3 is 17.9 Å². The number of unbranched alkanes of at least 4 members (excludes halogenated alkanes) is 18. The maximum Gasteiger partial charge on any atom is 0.306 e. The predicted octanol–water partition coefficient (Wildman–Crippen LogP) is 18.9. The van der Waals surface area contributed by atoms with Crippen LogP contribution in [0.15, 0.2) is 122 Å². The van der Waals surface area contributed by atoms with Crippen molar-refractivity contribution >= 4 is 17.9 Å². The fourth-order valence-corrected chi connectivity index (χ4v) is 7.28. The van der Waals surface area contributed by atoms with Gasteiger partial charge < -0.3 is 14.2 Å². The molecule has 0 radical (unpaired) electrons. The lowest BCUT2D eigenvalue weighted by molar-refractivity contribution is -0.167. The Bertz CT molecular complexity index is 1470. The van der Waals surface area contributed by atoms with Crippen molar-refractivity contribution in [1.29, 1.82) is 0 Å². The molecule has 6 heteroatoms. The normalized spacial score (nSPS) is 13.0. The number of allylic oxidation sites excluding steroid dienone is 20. The summed E-state index contributed by atoms with van der Waals surface area (Å²) in [6, 6.07) is 0. The van der Waals surface area contributed by atoms with Gasteiger partial charge in [-0.05, 0) is 128 Å². The van der Waals surface area contributed by atoms with Crippen LogP contribution >= 0.6 is 0 Å². The zero-order chi connectivity index (χ0) is 50.0. The molecule has 0 aliphatic heterocycles. The van der Waals surface area contributed by atoms with E-state index in [2.05, 4.69) is 142 Å². The number of hydrogen-bond acceptors (Lipinski definition) is 6. The molecule has 1 atom stereocenters. The molecule has 0 saturated carbocycles. The highest BCUT2D eigenvalue weighted by Gasteiger charge is 2.19. The SMILES string of the molecule is CC/C=C\C/C=C\C/C=C\C/C=C\C/C=C\C/C=C\CCCCC(=O)OCC(COC(=O)CCCCCCC/C=C\CCCCCCCC)OC(=O)CCCCCCC/C=C\C/C=C\C/C=C\CC. The van der Waals surface area contributed by atoms with Crippen molar-refractivity contribution in [3.05, 3.63) is 122 Å². The number of hydrogen-bond donors (Lipinski definition) is 0. The van der Waals surface area contributed by atoms with E-state index in [1.807, 2.05) is 0 Å². The molecule has 0 aromatic carbocycles. The fourth-order valence-electron chi connectivity index (χ4n) is 7.28. The van der Waals surface area contributed by atoms with Crippen LogP contribution in [-0.4, -0.2) is 37.2 Å². The van der Waals surface area contributed by atoms with Crippen molar-refractivity contribution in [1.82, 2.24) is 0 Å². The quantitative estimate of drug-likeness (QED) is 0.0262. The minimum atomic E-state index is -0.812. The van der Waals surface area contributed by atoms with E-state index >= 15 is 0 Å². The van der Waals surface area contributed by atoms with Crippen LogP contribution in [0.5, 0.6) is 0 Å². The third-order valence-corrected chi connectivity index (χ3v) is 11.4. The van der Waals surface area contributed by atoms with Gasteiger partial charge in [0.2, 0.25) is 0 Å². The Morgan fingerprint density at radius 2 is 0.565 bits per heavy atom. The van der Waals surface area contributed by atoms with Gasteiger partial charge in [0.1, 0.15) is 13.2 Å². The van der Waals surface area contributed by atoms with Gasteiger partial charge in [0, 0.05) is 19.3 Å². The summed E-state index contributed by atoms with van der Waals surface area (Å²) in [7, 11) is 0. The van der Waals surface area contributed by atoms with Crippen molar-refractivity contribution in [2.45, 2.75) is 245 Å². The monoisotopic (exact) mass is 955 g/mol. The van der Waals surface area contributed by atoms with Gasteiger partial charge in [0.15, 0.2) is 6.10 Å². The van der Waals surface area contributed by atoms with Gasteiger partial charge in [-0.3, -0.25) is 14.4 Å². The Hall–Kier alpha value is -4.19. The van der Waals surface area contributed by atoms with Crippen LogP contribution in [0.3, 0.4) is 0 Å². The molecule has 0 aromatic heterocycles. The second kappa shape index (κ2) is 56.4. The third-order valence-electron chi connectivity index (χ3n) is 11.4. The van der Waals surface area contributed by atoms with Crippen molar-refractivity contribution in [2.24, 2.45) is 0 Å². The average Bonchev–Trinajstić information content (AvgIpc) is 3.35. The molecule has 0 aliphatic carbocycles. The molecule has 0 N–H and O–H groups in total. The first-order chi connectivity index (χ1) is 34.0. The number of rotatable bonds is 49. The van der Waals surface area contributed by atoms with Gasteiger partial charge in [-0.15, -0.1) is 0 Å². The molecule has 0 rings (SSSR count). The first-order valence-corrected chi connectivity index (χ1v) is 28.0. The number of carbonyl (C=O) groups excluding carboxylic acids is 3. The van der Waals surface area contributed by atoms with Crippen LogP contribution in [0.1, 0.15) is 239 Å². The van der Waals surface area contributed by atoms with E-state index in [4.69, 9.17) is 14.2 Å². The van der Waals surface area contributed by atoms with Gasteiger partial charge in [-0.2, -0.15) is 0 Å². The second-order valence-electron chi connectivity index (χ2n) is 18.1. The van der Waals surface area contributed by atoms with E-state index in [1.54, 1.807) is 0 Å². The third kappa shape index (κ3) is 54.6. The van der Waals surface area contributed by atoms with Crippen LogP contribution in [-0.2, 0) is 28.6 Å². The minimum absolute atomic E-state index is 0.106. The number of esters is 3. The van der Waals surface area contributed by atoms with E-state index in [-0.39, 0.29) is 31.1 Å². The Balaban J connectivity index is 4.51. The molecule has 0 spiro atoms. The van der Waals surface area contributed by atoms with E-state index < -0.39 is 6.10 Å². The standard InChI is InChI=1S/C63H102O6/c1-4-7-10-13-16-19-22-25-28-29-30-31-32-33-36-38-41-44-47-50-53-56-62(65)68-59-60(69-63(66)57-54-51-48-45-42-39-35-27-24-21-18-15-12-9-6-3)58-67-61(64)55-52-49-46-43-40-37-34-26-23-20-17-14-11-8-5-2/h7,9-10,12,16,18-19,21,25-28,30-31,33-36,41,44,60H,4-6,8,11,13-15,17,20,22-24,29,32,37-40,42-43,45-59H2,1-3H3/b10-7-,12-9-,19-16-,21-18-,28-25-,31-30-,34-26-,35-27-,36-33-,44-41-. The molecule has 0 amide bonds. The smallest absolute Gasteiger partial charge is 0.306 e. The molecule has 0 heterocycles. The lowest BCUT2D eigenvalue weighted by Crippen LogP contribution is -2.30. The Labute approximate surface area is 424 Å². The fraction of sp³-hybridized carbons (Fsp3) is 0.635. The molecule has 0 saturated heterocycles. The van der Waals surface area contributed by atoms with Gasteiger partial charge in [0.05, 0.1) is 0 Å². The topological polar surface area (TPSA) is 78.9 Å². The highest BCUT2D eigenvalue weighted by atomic mass is 16.6. The molecule has 0 bridgehead atoms. The Morgan fingerprint density at radius 3 is 0.928 bits per heavy atom. The van der Waals surface area contributed by atoms with Crippen molar-refractivity contribution in [3.8, 4) is 0 Å². The zero-order valence-electron chi connectivity index (χ0n) is 44.5. The first-order valence-electron chi connectivity index (χ1n) is 28.0. The maximum atomic E-state index is 12.8. The van der Waals surface area contributed by atoms with Gasteiger partial charge in [-0.25, -0.2) is 0 Å². The molecular weight excluding hydrogens is 853 g/mol. The Morgan fingerprint density at radius 1 is 0.304 bits per heavy atom. The molecule has 6 nitrogen and oxygen atoms in total. The molecule has 0 fully saturated rings. The molecule has 390 valence electrons. The highest BCUT2D eigenvalue weighted by molar-refractivity contribution is 5.71. The van der Waals surface area contributed by atoms with Crippen molar-refractivity contribution in [2.75, 3.05) is 13.2 Å². The van der Waals surface area contributed by atoms with Crippen LogP contribution < -0.4 is 0 Å². The van der Waals surface area contributed by atoms with E-state index in [9.17, 15) is 14.4 Å². The van der Waals surface area contributed by atoms with E-state index in [0.717, 1.165) is 141 Å². The van der Waals surface area contributed by atoms with Crippen molar-refractivity contribution < 1.29 is 28.6 Å². The summed E-state index contributed by atoms with van der Waals surface area (Å²) in [6.45, 7) is 6.34. The van der Waals surface area contributed by atoms with E-state index in [1.165, 1.54) is 51.4 Å². The van der Waals surface area contributed by atoms with Crippen molar-refractivity contribution in [3.63, 3.8) is 0 Å². The number of carbonyl (C=O) groups is 3. The van der Waals surface area contributed by atoms with Crippen LogP contribution in [0.4, 0.5) is 0 Å². The summed E-state index contributed by atoms with van der Waals surface area (Å²) in [5.74, 6) is -0.980. The summed E-state index contributed by atoms with van der Waals surface area (Å²) in [5, 5.41) is 0. The number of ether oxygens (including phenoxy) is 3. The lowest BCUT2D eigenvalue weighted by Gasteiger charge is -2.18. The summed E-state index contributed by atoms with van der Waals surface area (Å²) >= 11 is 0. The lowest BCUT2D eigenvalue weighted by atomic mass is 10.1. The Kier molecular flexibility index (Phi) is 53.0. The van der Waals surface area contributed by atoms with E-state index in [0.29, 0.717) is 25.7 Å². The summed E-state index contributed by atoms with van der Waals surface area (Å²) < 4.78 is 16.8. The molecule has 0 aliphatic rings. The van der Waals surface area contributed by atoms with Crippen LogP contribution in [0, 0.1) is 0 Å². The second-order valence-corrected chi connectivity index (χ2v) is 18.1. The average molecular weight is 956 g/mol. The molecule has 69 heavy (non-hydrogen) atoms.